The van der Waals surface area contributed by atoms with Gasteiger partial charge in [0, 0.05) is 29.8 Å². The van der Waals surface area contributed by atoms with Crippen LogP contribution in [0.25, 0.3) is 17.1 Å². The highest BCUT2D eigenvalue weighted by atomic mass is 15.3. The van der Waals surface area contributed by atoms with Crippen molar-refractivity contribution in [3.8, 4) is 17.1 Å². The molecule has 88 valence electrons. The van der Waals surface area contributed by atoms with Gasteiger partial charge in [-0.3, -0.25) is 0 Å². The molecule has 5 nitrogen and oxygen atoms in total. The molecule has 2 N–H and O–H groups in total. The van der Waals surface area contributed by atoms with E-state index in [2.05, 4.69) is 15.1 Å². The fourth-order valence-electron chi connectivity index (χ4n) is 1.71. The van der Waals surface area contributed by atoms with E-state index in [0.717, 1.165) is 16.8 Å². The first-order valence-electron chi connectivity index (χ1n) is 5.51. The monoisotopic (exact) mass is 237 g/mol. The molecule has 0 atom stereocenters. The number of hydrogen-bond donors (Lipinski definition) is 1. The second kappa shape index (κ2) is 4.29. The van der Waals surface area contributed by atoms with Crippen molar-refractivity contribution in [2.75, 3.05) is 5.73 Å². The minimum Gasteiger partial charge on any atom is -0.399 e. The Kier molecular flexibility index (Phi) is 2.49. The molecule has 18 heavy (non-hydrogen) atoms. The average Bonchev–Trinajstić information content (AvgIpc) is 2.89. The number of nitrogens with zero attached hydrogens (tertiary/aromatic N) is 4. The third-order valence-electron chi connectivity index (χ3n) is 2.56. The molecule has 0 fully saturated rings. The second-order valence-corrected chi connectivity index (χ2v) is 3.85. The van der Waals surface area contributed by atoms with Crippen LogP contribution in [0, 0.1) is 0 Å². The summed E-state index contributed by atoms with van der Waals surface area (Å²) in [6.07, 6.45) is 7.02. The molecule has 0 bridgehead atoms. The van der Waals surface area contributed by atoms with Gasteiger partial charge in [-0.25, -0.2) is 14.6 Å². The van der Waals surface area contributed by atoms with Crippen molar-refractivity contribution in [2.45, 2.75) is 0 Å². The SMILES string of the molecule is Nc1cccc(-c2cnn(-c3ncccn3)c2)c1. The highest BCUT2D eigenvalue weighted by Gasteiger charge is 2.04. The van der Waals surface area contributed by atoms with Crippen LogP contribution in [0.1, 0.15) is 0 Å². The maximum atomic E-state index is 5.76. The van der Waals surface area contributed by atoms with E-state index in [-0.39, 0.29) is 0 Å². The summed E-state index contributed by atoms with van der Waals surface area (Å²) in [6.45, 7) is 0. The zero-order valence-corrected chi connectivity index (χ0v) is 9.56. The van der Waals surface area contributed by atoms with Crippen LogP contribution in [0.2, 0.25) is 0 Å². The molecule has 0 amide bonds. The summed E-state index contributed by atoms with van der Waals surface area (Å²) in [6, 6.07) is 9.44. The molecule has 0 aliphatic rings. The third kappa shape index (κ3) is 1.93. The summed E-state index contributed by atoms with van der Waals surface area (Å²) in [5.41, 5.74) is 8.50. The number of anilines is 1. The number of rotatable bonds is 2. The van der Waals surface area contributed by atoms with Crippen LogP contribution in [0.4, 0.5) is 5.69 Å². The number of nitrogens with two attached hydrogens (primary N) is 1. The molecule has 3 rings (SSSR count). The van der Waals surface area contributed by atoms with Crippen LogP contribution in [0.15, 0.2) is 55.1 Å². The summed E-state index contributed by atoms with van der Waals surface area (Å²) in [4.78, 5) is 8.28. The van der Waals surface area contributed by atoms with E-state index in [1.54, 1.807) is 29.3 Å². The Hall–Kier alpha value is -2.69. The van der Waals surface area contributed by atoms with Crippen molar-refractivity contribution < 1.29 is 0 Å². The van der Waals surface area contributed by atoms with Crippen LogP contribution < -0.4 is 5.73 Å². The van der Waals surface area contributed by atoms with Gasteiger partial charge in [0.1, 0.15) is 0 Å². The molecule has 0 saturated carbocycles. The van der Waals surface area contributed by atoms with Gasteiger partial charge in [-0.1, -0.05) is 12.1 Å². The normalized spacial score (nSPS) is 10.4. The molecule has 2 heterocycles. The molecule has 2 aromatic heterocycles. The molecule has 5 heteroatoms. The summed E-state index contributed by atoms with van der Waals surface area (Å²) in [5.74, 6) is 0.549. The molecule has 0 radical (unpaired) electrons. The van der Waals surface area contributed by atoms with Gasteiger partial charge in [-0.05, 0) is 23.8 Å². The lowest BCUT2D eigenvalue weighted by Gasteiger charge is -1.98. The Balaban J connectivity index is 2.00. The maximum Gasteiger partial charge on any atom is 0.250 e. The lowest BCUT2D eigenvalue weighted by atomic mass is 10.1. The zero-order valence-electron chi connectivity index (χ0n) is 9.56. The van der Waals surface area contributed by atoms with Gasteiger partial charge in [0.15, 0.2) is 0 Å². The van der Waals surface area contributed by atoms with E-state index in [1.165, 1.54) is 0 Å². The molecule has 0 unspecified atom stereocenters. The van der Waals surface area contributed by atoms with Crippen LogP contribution >= 0.6 is 0 Å². The fourth-order valence-corrected chi connectivity index (χ4v) is 1.71. The molecule has 0 spiro atoms. The van der Waals surface area contributed by atoms with E-state index in [1.807, 2.05) is 30.5 Å². The highest BCUT2D eigenvalue weighted by molar-refractivity contribution is 5.66. The van der Waals surface area contributed by atoms with Crippen molar-refractivity contribution >= 4 is 5.69 Å². The minimum absolute atomic E-state index is 0.549. The molecule has 0 aliphatic heterocycles. The largest absolute Gasteiger partial charge is 0.399 e. The first-order chi connectivity index (χ1) is 8.83. The first kappa shape index (κ1) is 10.5. The van der Waals surface area contributed by atoms with Crippen molar-refractivity contribution in [3.05, 3.63) is 55.1 Å². The predicted octanol–water partition coefficient (Wildman–Crippen LogP) is 1.91. The molecule has 0 saturated heterocycles. The van der Waals surface area contributed by atoms with Crippen molar-refractivity contribution in [3.63, 3.8) is 0 Å². The molecule has 3 aromatic rings. The standard InChI is InChI=1S/C13H11N5/c14-12-4-1-3-10(7-12)11-8-17-18(9-11)13-15-5-2-6-16-13/h1-9H,14H2. The molecular weight excluding hydrogens is 226 g/mol. The van der Waals surface area contributed by atoms with Crippen LogP contribution in [0.3, 0.4) is 0 Å². The number of nitrogen functional groups attached to an aromatic ring is 1. The van der Waals surface area contributed by atoms with Gasteiger partial charge in [-0.15, -0.1) is 0 Å². The topological polar surface area (TPSA) is 69.6 Å². The van der Waals surface area contributed by atoms with Crippen LogP contribution in [0.5, 0.6) is 0 Å². The smallest absolute Gasteiger partial charge is 0.250 e. The Morgan fingerprint density at radius 1 is 1.00 bits per heavy atom. The van der Waals surface area contributed by atoms with Crippen LogP contribution in [-0.2, 0) is 0 Å². The lowest BCUT2D eigenvalue weighted by molar-refractivity contribution is 0.808. The predicted molar refractivity (Wildman–Crippen MR) is 69.0 cm³/mol. The van der Waals surface area contributed by atoms with Crippen molar-refractivity contribution in [1.82, 2.24) is 19.7 Å². The van der Waals surface area contributed by atoms with Crippen LogP contribution in [-0.4, -0.2) is 19.7 Å². The maximum absolute atomic E-state index is 5.76. The summed E-state index contributed by atoms with van der Waals surface area (Å²) in [7, 11) is 0. The molecule has 0 aliphatic carbocycles. The Labute approximate surface area is 104 Å². The number of benzene rings is 1. The zero-order chi connectivity index (χ0) is 12.4. The second-order valence-electron chi connectivity index (χ2n) is 3.85. The minimum atomic E-state index is 0.549. The average molecular weight is 237 g/mol. The van der Waals surface area contributed by atoms with Gasteiger partial charge in [0.2, 0.25) is 5.95 Å². The van der Waals surface area contributed by atoms with E-state index in [4.69, 9.17) is 5.73 Å². The van der Waals surface area contributed by atoms with Gasteiger partial charge in [-0.2, -0.15) is 5.10 Å². The van der Waals surface area contributed by atoms with E-state index >= 15 is 0 Å². The summed E-state index contributed by atoms with van der Waals surface area (Å²) < 4.78 is 1.64. The van der Waals surface area contributed by atoms with E-state index in [0.29, 0.717) is 5.95 Å². The molecule has 1 aromatic carbocycles. The highest BCUT2D eigenvalue weighted by Crippen LogP contribution is 2.21. The number of hydrogen-bond acceptors (Lipinski definition) is 4. The first-order valence-corrected chi connectivity index (χ1v) is 5.51. The molecular formula is C13H11N5. The Morgan fingerprint density at radius 3 is 2.61 bits per heavy atom. The van der Waals surface area contributed by atoms with Gasteiger partial charge >= 0.3 is 0 Å². The van der Waals surface area contributed by atoms with Gasteiger partial charge in [0.25, 0.3) is 0 Å². The van der Waals surface area contributed by atoms with Gasteiger partial charge in [0.05, 0.1) is 6.20 Å². The van der Waals surface area contributed by atoms with Gasteiger partial charge < -0.3 is 5.73 Å². The Bertz CT molecular complexity index is 660. The quantitative estimate of drug-likeness (QED) is 0.691. The lowest BCUT2D eigenvalue weighted by Crippen LogP contribution is -1.99. The summed E-state index contributed by atoms with van der Waals surface area (Å²) in [5, 5.41) is 4.24. The summed E-state index contributed by atoms with van der Waals surface area (Å²) >= 11 is 0. The van der Waals surface area contributed by atoms with Crippen molar-refractivity contribution in [2.24, 2.45) is 0 Å². The Morgan fingerprint density at radius 2 is 1.83 bits per heavy atom. The van der Waals surface area contributed by atoms with Crippen molar-refractivity contribution in [1.29, 1.82) is 0 Å². The third-order valence-corrected chi connectivity index (χ3v) is 2.56. The van der Waals surface area contributed by atoms with E-state index in [9.17, 15) is 0 Å². The fraction of sp³-hybridized carbons (Fsp3) is 0. The van der Waals surface area contributed by atoms with E-state index < -0.39 is 0 Å². The number of aromatic nitrogens is 4.